The number of halogens is 1. The Labute approximate surface area is 91.2 Å². The fourth-order valence-corrected chi connectivity index (χ4v) is 1.88. The molecule has 0 bridgehead atoms. The minimum absolute atomic E-state index is 0.795. The molecule has 0 saturated heterocycles. The maximum atomic E-state index is 5.49. The van der Waals surface area contributed by atoms with E-state index in [0.717, 1.165) is 31.0 Å². The van der Waals surface area contributed by atoms with E-state index in [0.29, 0.717) is 0 Å². The SMILES string of the molecule is Ic1ccccc1C1=NCCCO1. The van der Waals surface area contributed by atoms with Gasteiger partial charge in [0.15, 0.2) is 0 Å². The highest BCUT2D eigenvalue weighted by Crippen LogP contribution is 2.15. The third kappa shape index (κ3) is 2.02. The van der Waals surface area contributed by atoms with E-state index in [4.69, 9.17) is 4.74 Å². The Morgan fingerprint density at radius 3 is 2.85 bits per heavy atom. The quantitative estimate of drug-likeness (QED) is 0.727. The van der Waals surface area contributed by atoms with Gasteiger partial charge in [-0.05, 0) is 34.7 Å². The zero-order chi connectivity index (χ0) is 9.10. The number of nitrogens with zero attached hydrogens (tertiary/aromatic N) is 1. The van der Waals surface area contributed by atoms with Crippen LogP contribution in [0.4, 0.5) is 0 Å². The van der Waals surface area contributed by atoms with Crippen LogP contribution < -0.4 is 0 Å². The van der Waals surface area contributed by atoms with Crippen molar-refractivity contribution in [2.24, 2.45) is 4.99 Å². The van der Waals surface area contributed by atoms with Gasteiger partial charge in [0.2, 0.25) is 5.90 Å². The molecule has 0 atom stereocenters. The molecular weight excluding hydrogens is 277 g/mol. The zero-order valence-corrected chi connectivity index (χ0v) is 9.32. The van der Waals surface area contributed by atoms with E-state index >= 15 is 0 Å². The van der Waals surface area contributed by atoms with Gasteiger partial charge in [-0.1, -0.05) is 12.1 Å². The van der Waals surface area contributed by atoms with Gasteiger partial charge in [-0.2, -0.15) is 0 Å². The summed E-state index contributed by atoms with van der Waals surface area (Å²) in [6.45, 7) is 1.68. The first kappa shape index (κ1) is 8.99. The van der Waals surface area contributed by atoms with Gasteiger partial charge < -0.3 is 4.74 Å². The lowest BCUT2D eigenvalue weighted by Crippen LogP contribution is -2.15. The summed E-state index contributed by atoms with van der Waals surface area (Å²) in [5, 5.41) is 0. The number of ether oxygens (including phenoxy) is 1. The Balaban J connectivity index is 2.34. The maximum absolute atomic E-state index is 5.49. The fraction of sp³-hybridized carbons (Fsp3) is 0.300. The van der Waals surface area contributed by atoms with Gasteiger partial charge in [0.05, 0.1) is 6.61 Å². The van der Waals surface area contributed by atoms with Crippen LogP contribution in [0.25, 0.3) is 0 Å². The summed E-state index contributed by atoms with van der Waals surface area (Å²) >= 11 is 2.30. The average molecular weight is 287 g/mol. The van der Waals surface area contributed by atoms with E-state index in [9.17, 15) is 0 Å². The molecule has 68 valence electrons. The van der Waals surface area contributed by atoms with Crippen molar-refractivity contribution in [3.8, 4) is 0 Å². The predicted molar refractivity (Wildman–Crippen MR) is 61.1 cm³/mol. The Hall–Kier alpha value is -0.580. The second-order valence-electron chi connectivity index (χ2n) is 2.87. The van der Waals surface area contributed by atoms with Crippen LogP contribution in [0.1, 0.15) is 12.0 Å². The largest absolute Gasteiger partial charge is 0.477 e. The molecule has 1 aromatic rings. The number of hydrogen-bond donors (Lipinski definition) is 0. The molecule has 2 nitrogen and oxygen atoms in total. The van der Waals surface area contributed by atoms with Gasteiger partial charge in [0.25, 0.3) is 0 Å². The van der Waals surface area contributed by atoms with E-state index < -0.39 is 0 Å². The van der Waals surface area contributed by atoms with Crippen molar-refractivity contribution in [3.05, 3.63) is 33.4 Å². The fourth-order valence-electron chi connectivity index (χ4n) is 1.26. The first-order chi connectivity index (χ1) is 6.38. The summed E-state index contributed by atoms with van der Waals surface area (Å²) in [5.74, 6) is 0.802. The second kappa shape index (κ2) is 4.09. The monoisotopic (exact) mass is 287 g/mol. The van der Waals surface area contributed by atoms with Crippen LogP contribution in [0, 0.1) is 3.57 Å². The Kier molecular flexibility index (Phi) is 2.83. The standard InChI is InChI=1S/C10H10INO/c11-9-5-2-1-4-8(9)10-12-6-3-7-13-10/h1-2,4-5H,3,6-7H2. The van der Waals surface area contributed by atoms with Crippen LogP contribution in [0.3, 0.4) is 0 Å². The minimum Gasteiger partial charge on any atom is -0.477 e. The van der Waals surface area contributed by atoms with Gasteiger partial charge in [0.1, 0.15) is 0 Å². The van der Waals surface area contributed by atoms with E-state index in [2.05, 4.69) is 33.6 Å². The van der Waals surface area contributed by atoms with Crippen molar-refractivity contribution in [3.63, 3.8) is 0 Å². The van der Waals surface area contributed by atoms with Crippen LogP contribution in [0.5, 0.6) is 0 Å². The molecule has 0 radical (unpaired) electrons. The Morgan fingerprint density at radius 2 is 2.15 bits per heavy atom. The van der Waals surface area contributed by atoms with Crippen molar-refractivity contribution in [1.82, 2.24) is 0 Å². The van der Waals surface area contributed by atoms with Gasteiger partial charge in [-0.3, -0.25) is 4.99 Å². The van der Waals surface area contributed by atoms with Crippen LogP contribution in [-0.4, -0.2) is 19.0 Å². The third-order valence-corrected chi connectivity index (χ3v) is 2.84. The summed E-state index contributed by atoms with van der Waals surface area (Å²) in [6, 6.07) is 8.15. The molecule has 0 fully saturated rings. The minimum atomic E-state index is 0.795. The van der Waals surface area contributed by atoms with E-state index in [1.165, 1.54) is 3.57 Å². The molecule has 0 saturated carbocycles. The molecule has 0 N–H and O–H groups in total. The van der Waals surface area contributed by atoms with E-state index in [-0.39, 0.29) is 0 Å². The highest BCUT2D eigenvalue weighted by atomic mass is 127. The molecule has 2 rings (SSSR count). The maximum Gasteiger partial charge on any atom is 0.217 e. The molecule has 0 amide bonds. The van der Waals surface area contributed by atoms with Crippen molar-refractivity contribution in [2.75, 3.05) is 13.2 Å². The number of hydrogen-bond acceptors (Lipinski definition) is 2. The van der Waals surface area contributed by atoms with Crippen LogP contribution in [0.15, 0.2) is 29.3 Å². The zero-order valence-electron chi connectivity index (χ0n) is 7.16. The van der Waals surface area contributed by atoms with Gasteiger partial charge in [-0.25, -0.2) is 0 Å². The first-order valence-corrected chi connectivity index (χ1v) is 5.38. The number of benzene rings is 1. The topological polar surface area (TPSA) is 21.6 Å². The summed E-state index contributed by atoms with van der Waals surface area (Å²) in [4.78, 5) is 4.35. The Bertz CT molecular complexity index is 335. The summed E-state index contributed by atoms with van der Waals surface area (Å²) in [5.41, 5.74) is 1.11. The summed E-state index contributed by atoms with van der Waals surface area (Å²) in [7, 11) is 0. The molecule has 3 heteroatoms. The van der Waals surface area contributed by atoms with Crippen molar-refractivity contribution in [2.45, 2.75) is 6.42 Å². The molecule has 1 heterocycles. The van der Waals surface area contributed by atoms with Crippen molar-refractivity contribution in [1.29, 1.82) is 0 Å². The molecule has 0 unspecified atom stereocenters. The van der Waals surface area contributed by atoms with Crippen LogP contribution >= 0.6 is 22.6 Å². The van der Waals surface area contributed by atoms with Gasteiger partial charge in [-0.15, -0.1) is 0 Å². The summed E-state index contributed by atoms with van der Waals surface area (Å²) < 4.78 is 6.69. The van der Waals surface area contributed by atoms with Gasteiger partial charge in [0, 0.05) is 22.1 Å². The highest BCUT2D eigenvalue weighted by molar-refractivity contribution is 14.1. The lowest BCUT2D eigenvalue weighted by atomic mass is 10.2. The summed E-state index contributed by atoms with van der Waals surface area (Å²) in [6.07, 6.45) is 1.03. The lowest BCUT2D eigenvalue weighted by molar-refractivity contribution is 0.284. The Morgan fingerprint density at radius 1 is 1.31 bits per heavy atom. The van der Waals surface area contributed by atoms with Crippen LogP contribution in [0.2, 0.25) is 0 Å². The van der Waals surface area contributed by atoms with E-state index in [1.54, 1.807) is 0 Å². The molecule has 1 aliphatic rings. The molecule has 1 aromatic carbocycles. The molecule has 0 aromatic heterocycles. The average Bonchev–Trinajstić information content (AvgIpc) is 2.20. The lowest BCUT2D eigenvalue weighted by Gasteiger charge is -2.14. The highest BCUT2D eigenvalue weighted by Gasteiger charge is 2.10. The van der Waals surface area contributed by atoms with Crippen molar-refractivity contribution >= 4 is 28.5 Å². The first-order valence-electron chi connectivity index (χ1n) is 4.30. The smallest absolute Gasteiger partial charge is 0.217 e. The molecule has 13 heavy (non-hydrogen) atoms. The molecule has 0 aliphatic carbocycles. The third-order valence-electron chi connectivity index (χ3n) is 1.90. The normalized spacial score (nSPS) is 16.2. The van der Waals surface area contributed by atoms with Crippen molar-refractivity contribution < 1.29 is 4.74 Å². The molecule has 1 aliphatic heterocycles. The van der Waals surface area contributed by atoms with E-state index in [1.807, 2.05) is 18.2 Å². The molecular formula is C10H10INO. The second-order valence-corrected chi connectivity index (χ2v) is 4.03. The van der Waals surface area contributed by atoms with Crippen LogP contribution in [-0.2, 0) is 4.74 Å². The number of aliphatic imine (C=N–C) groups is 1. The van der Waals surface area contributed by atoms with Gasteiger partial charge >= 0.3 is 0 Å². The molecule has 0 spiro atoms. The predicted octanol–water partition coefficient (Wildman–Crippen LogP) is 2.46. The number of rotatable bonds is 1.